The van der Waals surface area contributed by atoms with Crippen LogP contribution in [0, 0.1) is 5.82 Å². The fourth-order valence-electron chi connectivity index (χ4n) is 4.69. The van der Waals surface area contributed by atoms with Gasteiger partial charge in [-0.05, 0) is 47.9 Å². The van der Waals surface area contributed by atoms with Gasteiger partial charge in [-0.1, -0.05) is 72.8 Å². The maximum Gasteiger partial charge on any atom is 0.416 e. The number of benzene rings is 4. The summed E-state index contributed by atoms with van der Waals surface area (Å²) >= 11 is 0. The molecule has 0 saturated carbocycles. The Hall–Kier alpha value is -4.79. The molecule has 0 aromatic heterocycles. The zero-order chi connectivity index (χ0) is 34.6. The van der Waals surface area contributed by atoms with Crippen molar-refractivity contribution in [3.05, 3.63) is 131 Å². The van der Waals surface area contributed by atoms with Crippen LogP contribution < -0.4 is 14.9 Å². The Morgan fingerprint density at radius 3 is 2.09 bits per heavy atom. The van der Waals surface area contributed by atoms with Crippen molar-refractivity contribution in [3.8, 4) is 0 Å². The minimum atomic E-state index is -4.49. The number of nitrogens with zero attached hydrogens (tertiary/aromatic N) is 1. The third-order valence-corrected chi connectivity index (χ3v) is 7.85. The van der Waals surface area contributed by atoms with Gasteiger partial charge in [0.1, 0.15) is 0 Å². The molecular weight excluding hydrogens is 642 g/mol. The maximum absolute atomic E-state index is 15.9. The predicted octanol–water partition coefficient (Wildman–Crippen LogP) is 5.13. The minimum absolute atomic E-state index is 0.0183. The highest BCUT2D eigenvalue weighted by Gasteiger charge is 2.31. The van der Waals surface area contributed by atoms with Crippen molar-refractivity contribution in [2.45, 2.75) is 31.3 Å². The van der Waals surface area contributed by atoms with Crippen LogP contribution in [-0.4, -0.2) is 56.0 Å². The molecule has 0 heterocycles. The van der Waals surface area contributed by atoms with Gasteiger partial charge in [0.15, 0.2) is 5.82 Å². The van der Waals surface area contributed by atoms with Crippen molar-refractivity contribution in [2.24, 2.45) is 0 Å². The van der Waals surface area contributed by atoms with Crippen molar-refractivity contribution in [1.82, 2.24) is 10.6 Å². The number of para-hydroxylation sites is 1. The van der Waals surface area contributed by atoms with E-state index in [4.69, 9.17) is 9.90 Å². The van der Waals surface area contributed by atoms with E-state index in [1.165, 1.54) is 42.5 Å². The summed E-state index contributed by atoms with van der Waals surface area (Å²) < 4.78 is 81.2. The van der Waals surface area contributed by atoms with E-state index in [1.807, 2.05) is 0 Å². The lowest BCUT2D eigenvalue weighted by Crippen LogP contribution is -2.48. The number of sulfonamides is 1. The van der Waals surface area contributed by atoms with Crippen LogP contribution in [0.5, 0.6) is 0 Å². The fraction of sp³-hybridized carbons (Fsp3) is 0.212. The Kier molecular flexibility index (Phi) is 13.0. The van der Waals surface area contributed by atoms with Gasteiger partial charge in [0.2, 0.25) is 10.0 Å². The molecule has 4 aromatic carbocycles. The normalized spacial score (nSPS) is 12.6. The predicted molar refractivity (Wildman–Crippen MR) is 169 cm³/mol. The lowest BCUT2D eigenvalue weighted by molar-refractivity contribution is -0.137. The smallest absolute Gasteiger partial charge is 0.416 e. The summed E-state index contributed by atoms with van der Waals surface area (Å²) in [5.41, 5.74) is -0.295. The molecule has 0 fully saturated rings. The van der Waals surface area contributed by atoms with E-state index in [-0.39, 0.29) is 37.4 Å². The van der Waals surface area contributed by atoms with Crippen LogP contribution in [0.25, 0.3) is 0 Å². The van der Waals surface area contributed by atoms with Crippen LogP contribution in [0.15, 0.2) is 103 Å². The molecule has 0 bridgehead atoms. The first kappa shape index (κ1) is 36.7. The van der Waals surface area contributed by atoms with Gasteiger partial charge in [0, 0.05) is 13.1 Å². The zero-order valence-electron chi connectivity index (χ0n) is 25.1. The standard InChI is InChI=1S/C32H31F4N3O4S.CH2O2/c1-44(42,43)39(25-14-6-3-7-15-25)28-17-9-16-26(30(28)33)31(41)38-27(19-22-10-4-2-5-11-22)29(40)21-37-20-23-12-8-13-24(18-23)32(34,35)36;2-1-3/h2-18,27,29,37,40H,19-21H2,1H3,(H,38,41);1H,(H,2,3)/t27-,29+;/m0./s1. The van der Waals surface area contributed by atoms with E-state index in [1.54, 1.807) is 48.5 Å². The van der Waals surface area contributed by atoms with Crippen LogP contribution in [0.3, 0.4) is 0 Å². The number of amides is 1. The lowest BCUT2D eigenvalue weighted by Gasteiger charge is -2.26. The second kappa shape index (κ2) is 16.7. The topological polar surface area (TPSA) is 136 Å². The van der Waals surface area contributed by atoms with Gasteiger partial charge in [0.25, 0.3) is 12.4 Å². The summed E-state index contributed by atoms with van der Waals surface area (Å²) in [7, 11) is -4.01. The Bertz CT molecular complexity index is 1730. The molecule has 47 heavy (non-hydrogen) atoms. The molecule has 4 aromatic rings. The van der Waals surface area contributed by atoms with Crippen LogP contribution in [0.1, 0.15) is 27.0 Å². The molecule has 0 spiro atoms. The molecule has 14 heteroatoms. The second-order valence-electron chi connectivity index (χ2n) is 10.3. The Labute approximate surface area is 269 Å². The monoisotopic (exact) mass is 675 g/mol. The number of aliphatic hydroxyl groups is 1. The first-order chi connectivity index (χ1) is 22.3. The van der Waals surface area contributed by atoms with Crippen molar-refractivity contribution >= 4 is 33.8 Å². The number of alkyl halides is 3. The molecule has 0 radical (unpaired) electrons. The van der Waals surface area contributed by atoms with Gasteiger partial charge in [-0.25, -0.2) is 17.1 Å². The third kappa shape index (κ3) is 10.6. The quantitative estimate of drug-likeness (QED) is 0.121. The van der Waals surface area contributed by atoms with Crippen molar-refractivity contribution in [2.75, 3.05) is 17.1 Å². The Morgan fingerprint density at radius 2 is 1.49 bits per heavy atom. The largest absolute Gasteiger partial charge is 0.483 e. The van der Waals surface area contributed by atoms with E-state index in [0.29, 0.717) is 5.56 Å². The van der Waals surface area contributed by atoms with Gasteiger partial charge in [-0.3, -0.25) is 9.59 Å². The van der Waals surface area contributed by atoms with Gasteiger partial charge in [0.05, 0.1) is 40.9 Å². The molecule has 0 unspecified atom stereocenters. The third-order valence-electron chi connectivity index (χ3n) is 6.78. The van der Waals surface area contributed by atoms with Gasteiger partial charge >= 0.3 is 6.18 Å². The van der Waals surface area contributed by atoms with Crippen molar-refractivity contribution in [3.63, 3.8) is 0 Å². The molecule has 9 nitrogen and oxygen atoms in total. The van der Waals surface area contributed by atoms with Crippen molar-refractivity contribution in [1.29, 1.82) is 0 Å². The number of halogens is 4. The summed E-state index contributed by atoms with van der Waals surface area (Å²) in [6.45, 7) is -0.336. The second-order valence-corrected chi connectivity index (χ2v) is 12.1. The highest BCUT2D eigenvalue weighted by molar-refractivity contribution is 7.92. The maximum atomic E-state index is 15.9. The molecule has 1 amide bonds. The van der Waals surface area contributed by atoms with Crippen LogP contribution in [0.2, 0.25) is 0 Å². The highest BCUT2D eigenvalue weighted by atomic mass is 32.2. The molecule has 2 atom stereocenters. The molecule has 4 rings (SSSR count). The van der Waals surface area contributed by atoms with Crippen molar-refractivity contribution < 1.29 is 45.8 Å². The van der Waals surface area contributed by atoms with E-state index >= 15 is 4.39 Å². The fourth-order valence-corrected chi connectivity index (χ4v) is 5.69. The SMILES string of the molecule is CS(=O)(=O)N(c1ccccc1)c1cccc(C(=O)N[C@@H](Cc2ccccc2)[C@H](O)CNCc2cccc(C(F)(F)F)c2)c1F.O=CO. The van der Waals surface area contributed by atoms with Gasteiger partial charge in [-0.2, -0.15) is 13.2 Å². The lowest BCUT2D eigenvalue weighted by atomic mass is 10.00. The Morgan fingerprint density at radius 1 is 0.915 bits per heavy atom. The number of carboxylic acid groups (broad SMARTS) is 1. The highest BCUT2D eigenvalue weighted by Crippen LogP contribution is 2.32. The molecule has 250 valence electrons. The minimum Gasteiger partial charge on any atom is -0.483 e. The van der Waals surface area contributed by atoms with E-state index < -0.39 is 51.2 Å². The van der Waals surface area contributed by atoms with Crippen LogP contribution in [-0.2, 0) is 34.0 Å². The van der Waals surface area contributed by atoms with E-state index in [0.717, 1.165) is 28.3 Å². The number of hydrogen-bond donors (Lipinski definition) is 4. The molecule has 0 aliphatic rings. The molecule has 0 aliphatic carbocycles. The number of carbonyl (C=O) groups excluding carboxylic acids is 1. The van der Waals surface area contributed by atoms with E-state index in [2.05, 4.69) is 10.6 Å². The van der Waals surface area contributed by atoms with Gasteiger partial charge < -0.3 is 20.8 Å². The van der Waals surface area contributed by atoms with E-state index in [9.17, 15) is 31.5 Å². The summed E-state index contributed by atoms with van der Waals surface area (Å²) in [5.74, 6) is -1.96. The molecular formula is C33H33F4N3O6S. The number of aliphatic hydroxyl groups excluding tert-OH is 1. The number of rotatable bonds is 12. The summed E-state index contributed by atoms with van der Waals surface area (Å²) in [4.78, 5) is 21.8. The zero-order valence-corrected chi connectivity index (χ0v) is 25.9. The average molecular weight is 676 g/mol. The number of anilines is 2. The molecule has 0 aliphatic heterocycles. The summed E-state index contributed by atoms with van der Waals surface area (Å²) in [5, 5.41) is 23.5. The van der Waals surface area contributed by atoms with Crippen LogP contribution >= 0.6 is 0 Å². The number of nitrogens with one attached hydrogen (secondary N) is 2. The van der Waals surface area contributed by atoms with Gasteiger partial charge in [-0.15, -0.1) is 0 Å². The summed E-state index contributed by atoms with van der Waals surface area (Å²) in [6, 6.07) is 24.4. The molecule has 4 N–H and O–H groups in total. The first-order valence-corrected chi connectivity index (χ1v) is 15.9. The molecule has 0 saturated heterocycles. The Balaban J connectivity index is 0.00000192. The average Bonchev–Trinajstić information content (AvgIpc) is 3.02. The van der Waals surface area contributed by atoms with Crippen LogP contribution in [0.4, 0.5) is 28.9 Å². The number of carbonyl (C=O) groups is 2. The summed E-state index contributed by atoms with van der Waals surface area (Å²) in [6.07, 6.45) is -4.65. The number of hydrogen-bond acceptors (Lipinski definition) is 6. The first-order valence-electron chi connectivity index (χ1n) is 14.1.